The van der Waals surface area contributed by atoms with E-state index in [1.807, 2.05) is 0 Å². The van der Waals surface area contributed by atoms with Gasteiger partial charge in [-0.2, -0.15) is 0 Å². The van der Waals surface area contributed by atoms with Gasteiger partial charge in [0.2, 0.25) is 0 Å². The lowest BCUT2D eigenvalue weighted by Crippen LogP contribution is -2.26. The molecule has 3 nitrogen and oxygen atoms in total. The van der Waals surface area contributed by atoms with Crippen molar-refractivity contribution in [2.45, 2.75) is 18.9 Å². The van der Waals surface area contributed by atoms with Crippen molar-refractivity contribution in [1.29, 1.82) is 0 Å². The maximum Gasteiger partial charge on any atom is 0.126 e. The van der Waals surface area contributed by atoms with Gasteiger partial charge in [0.05, 0.1) is 11.9 Å². The molecular weight excluding hydrogens is 219 g/mol. The summed E-state index contributed by atoms with van der Waals surface area (Å²) in [4.78, 5) is 7.94. The second-order valence-electron chi connectivity index (χ2n) is 4.13. The van der Waals surface area contributed by atoms with Crippen molar-refractivity contribution < 1.29 is 9.50 Å². The van der Waals surface area contributed by atoms with Crippen LogP contribution < -0.4 is 0 Å². The average Bonchev–Trinajstić information content (AvgIpc) is 2.33. The Morgan fingerprint density at radius 1 is 1.29 bits per heavy atom. The Kier molecular flexibility index (Phi) is 3.15. The molecule has 2 aromatic rings. The summed E-state index contributed by atoms with van der Waals surface area (Å²) in [6.07, 6.45) is 4.69. The molecule has 1 aromatic carbocycles. The average molecular weight is 232 g/mol. The van der Waals surface area contributed by atoms with Crippen LogP contribution in [0.5, 0.6) is 0 Å². The zero-order chi connectivity index (χ0) is 12.3. The fraction of sp³-hybridized carbons (Fsp3) is 0.231. The summed E-state index contributed by atoms with van der Waals surface area (Å²) in [6.45, 7) is 1.60. The first-order valence-electron chi connectivity index (χ1n) is 5.32. The molecule has 0 fully saturated rings. The highest BCUT2D eigenvalue weighted by molar-refractivity contribution is 5.21. The number of hydrogen-bond donors (Lipinski definition) is 1. The minimum Gasteiger partial charge on any atom is -0.383 e. The van der Waals surface area contributed by atoms with Gasteiger partial charge >= 0.3 is 0 Å². The van der Waals surface area contributed by atoms with E-state index < -0.39 is 5.60 Å². The monoisotopic (exact) mass is 232 g/mol. The SMILES string of the molecule is CC(O)(Cc1ccccc1F)c1cnccn1. The lowest BCUT2D eigenvalue weighted by molar-refractivity contribution is 0.0517. The van der Waals surface area contributed by atoms with Crippen LogP contribution in [-0.2, 0) is 12.0 Å². The van der Waals surface area contributed by atoms with E-state index in [2.05, 4.69) is 9.97 Å². The van der Waals surface area contributed by atoms with Crippen molar-refractivity contribution >= 4 is 0 Å². The minimum absolute atomic E-state index is 0.165. The smallest absolute Gasteiger partial charge is 0.126 e. The molecule has 0 spiro atoms. The molecule has 88 valence electrons. The number of hydrogen-bond acceptors (Lipinski definition) is 3. The topological polar surface area (TPSA) is 46.0 Å². The standard InChI is InChI=1S/C13H13FN2O/c1-13(17,12-9-15-6-7-16-12)8-10-4-2-3-5-11(10)14/h2-7,9,17H,8H2,1H3. The van der Waals surface area contributed by atoms with E-state index >= 15 is 0 Å². The van der Waals surface area contributed by atoms with Crippen molar-refractivity contribution in [2.24, 2.45) is 0 Å². The van der Waals surface area contributed by atoms with Gasteiger partial charge in [0.15, 0.2) is 0 Å². The highest BCUT2D eigenvalue weighted by Gasteiger charge is 2.26. The first kappa shape index (κ1) is 11.7. The molecule has 0 radical (unpaired) electrons. The van der Waals surface area contributed by atoms with E-state index in [4.69, 9.17) is 0 Å². The van der Waals surface area contributed by atoms with Crippen molar-refractivity contribution in [1.82, 2.24) is 9.97 Å². The summed E-state index contributed by atoms with van der Waals surface area (Å²) in [6, 6.07) is 6.39. The summed E-state index contributed by atoms with van der Waals surface area (Å²) in [5.74, 6) is -0.323. The number of rotatable bonds is 3. The zero-order valence-corrected chi connectivity index (χ0v) is 9.47. The number of benzene rings is 1. The number of halogens is 1. The Balaban J connectivity index is 2.27. The van der Waals surface area contributed by atoms with Gasteiger partial charge in [-0.05, 0) is 18.6 Å². The summed E-state index contributed by atoms with van der Waals surface area (Å²) in [5, 5.41) is 10.3. The first-order valence-corrected chi connectivity index (χ1v) is 5.32. The Morgan fingerprint density at radius 2 is 2.06 bits per heavy atom. The van der Waals surface area contributed by atoms with Crippen molar-refractivity contribution in [2.75, 3.05) is 0 Å². The molecule has 0 amide bonds. The molecular formula is C13H13FN2O. The van der Waals surface area contributed by atoms with Gasteiger partial charge in [-0.25, -0.2) is 4.39 Å². The molecule has 0 aliphatic rings. The van der Waals surface area contributed by atoms with Gasteiger partial charge in [0, 0.05) is 18.8 Å². The highest BCUT2D eigenvalue weighted by atomic mass is 19.1. The molecule has 2 rings (SSSR count). The predicted octanol–water partition coefficient (Wildman–Crippen LogP) is 2.07. The maximum atomic E-state index is 13.5. The molecule has 0 saturated heterocycles. The summed E-state index contributed by atoms with van der Waals surface area (Å²) in [7, 11) is 0. The largest absolute Gasteiger partial charge is 0.383 e. The Bertz CT molecular complexity index is 500. The van der Waals surface area contributed by atoms with Crippen molar-refractivity contribution in [3.63, 3.8) is 0 Å². The second kappa shape index (κ2) is 4.59. The van der Waals surface area contributed by atoms with E-state index in [0.29, 0.717) is 11.3 Å². The molecule has 1 heterocycles. The van der Waals surface area contributed by atoms with Crippen LogP contribution in [0.2, 0.25) is 0 Å². The van der Waals surface area contributed by atoms with Crippen LogP contribution in [0.3, 0.4) is 0 Å². The second-order valence-corrected chi connectivity index (χ2v) is 4.13. The highest BCUT2D eigenvalue weighted by Crippen LogP contribution is 2.24. The fourth-order valence-corrected chi connectivity index (χ4v) is 1.68. The van der Waals surface area contributed by atoms with E-state index in [0.717, 1.165) is 0 Å². The van der Waals surface area contributed by atoms with Crippen LogP contribution in [0.4, 0.5) is 4.39 Å². The van der Waals surface area contributed by atoms with Crippen LogP contribution in [-0.4, -0.2) is 15.1 Å². The fourth-order valence-electron chi connectivity index (χ4n) is 1.68. The van der Waals surface area contributed by atoms with E-state index in [1.165, 1.54) is 24.7 Å². The third-order valence-electron chi connectivity index (χ3n) is 2.61. The first-order chi connectivity index (χ1) is 8.09. The third kappa shape index (κ3) is 2.65. The number of nitrogens with zero attached hydrogens (tertiary/aromatic N) is 2. The van der Waals surface area contributed by atoms with Crippen molar-refractivity contribution in [3.8, 4) is 0 Å². The lowest BCUT2D eigenvalue weighted by atomic mass is 9.93. The normalized spacial score (nSPS) is 14.3. The maximum absolute atomic E-state index is 13.5. The van der Waals surface area contributed by atoms with Gasteiger partial charge in [-0.15, -0.1) is 0 Å². The quantitative estimate of drug-likeness (QED) is 0.881. The molecule has 1 aromatic heterocycles. The van der Waals surface area contributed by atoms with Gasteiger partial charge < -0.3 is 5.11 Å². The van der Waals surface area contributed by atoms with E-state index in [9.17, 15) is 9.50 Å². The molecule has 0 aliphatic carbocycles. The van der Waals surface area contributed by atoms with Gasteiger partial charge in [0.1, 0.15) is 11.4 Å². The van der Waals surface area contributed by atoms with E-state index in [-0.39, 0.29) is 12.2 Å². The number of aliphatic hydroxyl groups is 1. The molecule has 1 N–H and O–H groups in total. The predicted molar refractivity (Wildman–Crippen MR) is 61.7 cm³/mol. The van der Waals surface area contributed by atoms with Crippen LogP contribution in [0, 0.1) is 5.82 Å². The molecule has 0 aliphatic heterocycles. The zero-order valence-electron chi connectivity index (χ0n) is 9.47. The Morgan fingerprint density at radius 3 is 2.71 bits per heavy atom. The van der Waals surface area contributed by atoms with Crippen molar-refractivity contribution in [3.05, 3.63) is 59.9 Å². The number of aromatic nitrogens is 2. The lowest BCUT2D eigenvalue weighted by Gasteiger charge is -2.22. The molecule has 0 saturated carbocycles. The van der Waals surface area contributed by atoms with Crippen LogP contribution in [0.1, 0.15) is 18.2 Å². The van der Waals surface area contributed by atoms with Gasteiger partial charge in [-0.3, -0.25) is 9.97 Å². The molecule has 17 heavy (non-hydrogen) atoms. The van der Waals surface area contributed by atoms with Gasteiger partial charge in [0.25, 0.3) is 0 Å². The van der Waals surface area contributed by atoms with Gasteiger partial charge in [-0.1, -0.05) is 18.2 Å². The van der Waals surface area contributed by atoms with Crippen LogP contribution >= 0.6 is 0 Å². The van der Waals surface area contributed by atoms with E-state index in [1.54, 1.807) is 25.1 Å². The Labute approximate surface area is 99.0 Å². The molecule has 1 unspecified atom stereocenters. The molecule has 0 bridgehead atoms. The van der Waals surface area contributed by atoms with Crippen LogP contribution in [0.25, 0.3) is 0 Å². The molecule has 1 atom stereocenters. The third-order valence-corrected chi connectivity index (χ3v) is 2.61. The summed E-state index contributed by atoms with van der Waals surface area (Å²) >= 11 is 0. The molecule has 4 heteroatoms. The van der Waals surface area contributed by atoms with Crippen LogP contribution in [0.15, 0.2) is 42.9 Å². The summed E-state index contributed by atoms with van der Waals surface area (Å²) < 4.78 is 13.5. The summed E-state index contributed by atoms with van der Waals surface area (Å²) in [5.41, 5.74) is -0.331. The minimum atomic E-state index is -1.23. The Hall–Kier alpha value is -1.81.